The largest absolute Gasteiger partial charge is 0.459 e. The zero-order valence-electron chi connectivity index (χ0n) is 14.2. The van der Waals surface area contributed by atoms with Crippen LogP contribution >= 0.6 is 0 Å². The molecular formula is C18H21N5O2. The zero-order chi connectivity index (χ0) is 17.1. The third-order valence-corrected chi connectivity index (χ3v) is 4.41. The fourth-order valence-corrected chi connectivity index (χ4v) is 3.05. The third kappa shape index (κ3) is 3.88. The summed E-state index contributed by atoms with van der Waals surface area (Å²) in [7, 11) is 0. The maximum atomic E-state index is 5.68. The average Bonchev–Trinajstić information content (AvgIpc) is 3.36. The number of aryl methyl sites for hydroxylation is 1. The van der Waals surface area contributed by atoms with Crippen molar-refractivity contribution in [1.82, 2.24) is 20.1 Å². The number of rotatable bonds is 6. The van der Waals surface area contributed by atoms with Crippen LogP contribution in [-0.4, -0.2) is 39.7 Å². The van der Waals surface area contributed by atoms with Crippen molar-refractivity contribution < 1.29 is 8.83 Å². The number of aromatic nitrogens is 3. The van der Waals surface area contributed by atoms with Crippen molar-refractivity contribution >= 4 is 5.82 Å². The molecule has 1 atom stereocenters. The van der Waals surface area contributed by atoms with E-state index in [1.807, 2.05) is 25.3 Å². The van der Waals surface area contributed by atoms with Crippen molar-refractivity contribution in [3.63, 3.8) is 0 Å². The smallest absolute Gasteiger partial charge is 0.283 e. The summed E-state index contributed by atoms with van der Waals surface area (Å²) in [5, 5.41) is 11.6. The number of pyridine rings is 1. The zero-order valence-corrected chi connectivity index (χ0v) is 14.2. The maximum absolute atomic E-state index is 5.68. The standard InChI is InChI=1S/C18H21N5O2/c1-13-4-5-16(19-9-13)20-10-14-6-7-23(11-14)12-17-21-22-18(25-17)15-3-2-8-24-15/h2-5,8-9,14H,6-7,10-12H2,1H3,(H,19,20)/t14-/m0/s1. The fourth-order valence-electron chi connectivity index (χ4n) is 3.05. The highest BCUT2D eigenvalue weighted by molar-refractivity contribution is 5.42. The van der Waals surface area contributed by atoms with Crippen LogP contribution in [0.1, 0.15) is 17.9 Å². The van der Waals surface area contributed by atoms with Crippen molar-refractivity contribution in [3.05, 3.63) is 48.2 Å². The van der Waals surface area contributed by atoms with Gasteiger partial charge >= 0.3 is 0 Å². The monoisotopic (exact) mass is 339 g/mol. The van der Waals surface area contributed by atoms with Crippen molar-refractivity contribution in [1.29, 1.82) is 0 Å². The summed E-state index contributed by atoms with van der Waals surface area (Å²) < 4.78 is 11.0. The minimum Gasteiger partial charge on any atom is -0.459 e. The lowest BCUT2D eigenvalue weighted by atomic mass is 10.1. The van der Waals surface area contributed by atoms with Gasteiger partial charge < -0.3 is 14.2 Å². The Morgan fingerprint density at radius 1 is 1.28 bits per heavy atom. The lowest BCUT2D eigenvalue weighted by molar-refractivity contribution is 0.282. The van der Waals surface area contributed by atoms with Gasteiger partial charge in [0, 0.05) is 19.3 Å². The van der Waals surface area contributed by atoms with Crippen LogP contribution in [-0.2, 0) is 6.54 Å². The molecule has 1 N–H and O–H groups in total. The van der Waals surface area contributed by atoms with E-state index in [9.17, 15) is 0 Å². The molecule has 1 aliphatic rings. The van der Waals surface area contributed by atoms with E-state index in [-0.39, 0.29) is 0 Å². The first kappa shape index (κ1) is 15.8. The van der Waals surface area contributed by atoms with Gasteiger partial charge in [-0.1, -0.05) is 6.07 Å². The molecule has 1 saturated heterocycles. The van der Waals surface area contributed by atoms with Crippen LogP contribution < -0.4 is 5.32 Å². The van der Waals surface area contributed by atoms with E-state index in [2.05, 4.69) is 31.5 Å². The summed E-state index contributed by atoms with van der Waals surface area (Å²) in [5.74, 6) is 3.19. The Bertz CT molecular complexity index is 797. The number of nitrogens with zero attached hydrogens (tertiary/aromatic N) is 4. The van der Waals surface area contributed by atoms with Crippen molar-refractivity contribution in [2.24, 2.45) is 5.92 Å². The second-order valence-electron chi connectivity index (χ2n) is 6.47. The van der Waals surface area contributed by atoms with E-state index in [0.717, 1.165) is 31.9 Å². The minimum absolute atomic E-state index is 0.433. The Morgan fingerprint density at radius 2 is 2.24 bits per heavy atom. The third-order valence-electron chi connectivity index (χ3n) is 4.41. The van der Waals surface area contributed by atoms with Crippen LogP contribution in [0.5, 0.6) is 0 Å². The van der Waals surface area contributed by atoms with Crippen molar-refractivity contribution in [3.8, 4) is 11.7 Å². The minimum atomic E-state index is 0.433. The molecule has 130 valence electrons. The molecule has 0 aromatic carbocycles. The molecule has 4 rings (SSSR count). The topological polar surface area (TPSA) is 80.2 Å². The normalized spacial score (nSPS) is 17.9. The SMILES string of the molecule is Cc1ccc(NC[C@@H]2CCN(Cc3nnc(-c4ccco4)o3)C2)nc1. The summed E-state index contributed by atoms with van der Waals surface area (Å²) in [6, 6.07) is 7.72. The molecule has 0 saturated carbocycles. The molecule has 4 heterocycles. The Kier molecular flexibility index (Phi) is 4.47. The van der Waals surface area contributed by atoms with Gasteiger partial charge in [0.25, 0.3) is 5.89 Å². The molecule has 1 aliphatic heterocycles. The average molecular weight is 339 g/mol. The summed E-state index contributed by atoms with van der Waals surface area (Å²) in [6.45, 7) is 5.69. The number of hydrogen-bond donors (Lipinski definition) is 1. The van der Waals surface area contributed by atoms with Crippen LogP contribution in [0.2, 0.25) is 0 Å². The molecule has 3 aromatic rings. The van der Waals surface area contributed by atoms with Gasteiger partial charge in [-0.3, -0.25) is 4.90 Å². The van der Waals surface area contributed by atoms with Gasteiger partial charge in [0.15, 0.2) is 5.76 Å². The molecule has 7 nitrogen and oxygen atoms in total. The van der Waals surface area contributed by atoms with Gasteiger partial charge in [0.1, 0.15) is 5.82 Å². The molecule has 25 heavy (non-hydrogen) atoms. The lowest BCUT2D eigenvalue weighted by Crippen LogP contribution is -2.23. The van der Waals surface area contributed by atoms with Crippen LogP contribution in [0.4, 0.5) is 5.82 Å². The Labute approximate surface area is 146 Å². The van der Waals surface area contributed by atoms with Crippen molar-refractivity contribution in [2.75, 3.05) is 25.0 Å². The number of hydrogen-bond acceptors (Lipinski definition) is 7. The Balaban J connectivity index is 1.27. The summed E-state index contributed by atoms with van der Waals surface area (Å²) in [5.41, 5.74) is 1.17. The molecule has 0 unspecified atom stereocenters. The molecule has 0 radical (unpaired) electrons. The molecule has 0 aliphatic carbocycles. The van der Waals surface area contributed by atoms with Gasteiger partial charge in [-0.25, -0.2) is 4.98 Å². The first-order chi connectivity index (χ1) is 12.3. The van der Waals surface area contributed by atoms with Gasteiger partial charge in [0.05, 0.1) is 12.8 Å². The van der Waals surface area contributed by atoms with Gasteiger partial charge in [-0.05, 0) is 49.6 Å². The number of anilines is 1. The Hall–Kier alpha value is -2.67. The van der Waals surface area contributed by atoms with Crippen molar-refractivity contribution in [2.45, 2.75) is 19.9 Å². The predicted octanol–water partition coefficient (Wildman–Crippen LogP) is 2.97. The maximum Gasteiger partial charge on any atom is 0.283 e. The van der Waals surface area contributed by atoms with Crippen LogP contribution in [0.25, 0.3) is 11.7 Å². The summed E-state index contributed by atoms with van der Waals surface area (Å²) in [4.78, 5) is 6.73. The van der Waals surface area contributed by atoms with E-state index in [0.29, 0.717) is 30.0 Å². The number of furan rings is 1. The first-order valence-electron chi connectivity index (χ1n) is 8.51. The van der Waals surface area contributed by atoms with Gasteiger partial charge in [0.2, 0.25) is 5.89 Å². The molecule has 3 aromatic heterocycles. The van der Waals surface area contributed by atoms with E-state index >= 15 is 0 Å². The predicted molar refractivity (Wildman–Crippen MR) is 92.8 cm³/mol. The highest BCUT2D eigenvalue weighted by Crippen LogP contribution is 2.22. The highest BCUT2D eigenvalue weighted by atomic mass is 16.4. The van der Waals surface area contributed by atoms with E-state index in [1.54, 1.807) is 12.3 Å². The fraction of sp³-hybridized carbons (Fsp3) is 0.389. The van der Waals surface area contributed by atoms with Crippen LogP contribution in [0, 0.1) is 12.8 Å². The molecule has 7 heteroatoms. The van der Waals surface area contributed by atoms with Gasteiger partial charge in [-0.2, -0.15) is 0 Å². The van der Waals surface area contributed by atoms with Gasteiger partial charge in [-0.15, -0.1) is 10.2 Å². The van der Waals surface area contributed by atoms with E-state index < -0.39 is 0 Å². The second kappa shape index (κ2) is 7.06. The summed E-state index contributed by atoms with van der Waals surface area (Å²) in [6.07, 6.45) is 4.63. The molecule has 0 bridgehead atoms. The van der Waals surface area contributed by atoms with E-state index in [1.165, 1.54) is 5.56 Å². The van der Waals surface area contributed by atoms with Crippen LogP contribution in [0.15, 0.2) is 45.6 Å². The van der Waals surface area contributed by atoms with Crippen LogP contribution in [0.3, 0.4) is 0 Å². The summed E-state index contributed by atoms with van der Waals surface area (Å²) >= 11 is 0. The van der Waals surface area contributed by atoms with E-state index in [4.69, 9.17) is 8.83 Å². The quantitative estimate of drug-likeness (QED) is 0.739. The second-order valence-corrected chi connectivity index (χ2v) is 6.47. The first-order valence-corrected chi connectivity index (χ1v) is 8.51. The number of nitrogens with one attached hydrogen (secondary N) is 1. The number of likely N-dealkylation sites (tertiary alicyclic amines) is 1. The highest BCUT2D eigenvalue weighted by Gasteiger charge is 2.24. The molecular weight excluding hydrogens is 318 g/mol. The lowest BCUT2D eigenvalue weighted by Gasteiger charge is -2.14. The molecule has 0 spiro atoms. The Morgan fingerprint density at radius 3 is 3.04 bits per heavy atom. The molecule has 1 fully saturated rings. The molecule has 0 amide bonds.